The monoisotopic (exact) mass is 450 g/mol. The third kappa shape index (κ3) is 5.10. The minimum absolute atomic E-state index is 0.0459. The Bertz CT molecular complexity index is 1140. The van der Waals surface area contributed by atoms with Gasteiger partial charge in [0.15, 0.2) is 0 Å². The number of carbonyl (C=O) groups excluding carboxylic acids is 2. The molecule has 1 fully saturated rings. The third-order valence-electron chi connectivity index (χ3n) is 6.64. The van der Waals surface area contributed by atoms with Crippen LogP contribution in [0.2, 0.25) is 0 Å². The van der Waals surface area contributed by atoms with Gasteiger partial charge in [-0.1, -0.05) is 0 Å². The first-order chi connectivity index (χ1) is 15.9. The molecule has 0 spiro atoms. The minimum atomic E-state index is 0.0459. The molecular weight excluding hydrogens is 416 g/mol. The van der Waals surface area contributed by atoms with Crippen molar-refractivity contribution in [1.82, 2.24) is 29.5 Å². The third-order valence-corrected chi connectivity index (χ3v) is 6.64. The molecule has 3 aromatic rings. The predicted molar refractivity (Wildman–Crippen MR) is 128 cm³/mol. The zero-order valence-corrected chi connectivity index (χ0v) is 20.0. The summed E-state index contributed by atoms with van der Waals surface area (Å²) in [7, 11) is 0. The first-order valence-electron chi connectivity index (χ1n) is 11.9. The summed E-state index contributed by atoms with van der Waals surface area (Å²) in [6.45, 7) is 10.9. The quantitative estimate of drug-likeness (QED) is 0.597. The van der Waals surface area contributed by atoms with Crippen molar-refractivity contribution in [3.63, 3.8) is 0 Å². The van der Waals surface area contributed by atoms with E-state index < -0.39 is 0 Å². The maximum Gasteiger partial charge on any atom is 0.253 e. The van der Waals surface area contributed by atoms with Crippen LogP contribution in [0.5, 0.6) is 0 Å². The summed E-state index contributed by atoms with van der Waals surface area (Å²) in [6, 6.07) is 7.91. The molecule has 0 bridgehead atoms. The number of aromatic nitrogens is 4. The van der Waals surface area contributed by atoms with Crippen LogP contribution in [0, 0.1) is 19.8 Å². The zero-order chi connectivity index (χ0) is 23.5. The Kier molecular flexibility index (Phi) is 6.81. The topological polar surface area (TPSA) is 85.0 Å². The van der Waals surface area contributed by atoms with E-state index in [2.05, 4.69) is 33.8 Å². The van der Waals surface area contributed by atoms with Crippen molar-refractivity contribution in [2.24, 2.45) is 5.92 Å². The molecule has 1 saturated heterocycles. The number of nitrogens with zero attached hydrogens (tertiary/aromatic N) is 5. The van der Waals surface area contributed by atoms with E-state index in [4.69, 9.17) is 0 Å². The normalized spacial score (nSPS) is 15.7. The summed E-state index contributed by atoms with van der Waals surface area (Å²) >= 11 is 0. The molecule has 1 atom stereocenters. The minimum Gasteiger partial charge on any atom is -0.354 e. The Labute approximate surface area is 195 Å². The average Bonchev–Trinajstić information content (AvgIpc) is 3.38. The number of nitrogens with one attached hydrogen (secondary N) is 1. The molecule has 1 aliphatic heterocycles. The molecule has 33 heavy (non-hydrogen) atoms. The van der Waals surface area contributed by atoms with Crippen molar-refractivity contribution in [3.05, 3.63) is 47.5 Å². The highest BCUT2D eigenvalue weighted by Gasteiger charge is 2.25. The van der Waals surface area contributed by atoms with Crippen LogP contribution in [0.1, 0.15) is 60.9 Å². The summed E-state index contributed by atoms with van der Waals surface area (Å²) in [5.41, 5.74) is 4.67. The summed E-state index contributed by atoms with van der Waals surface area (Å²) in [4.78, 5) is 31.8. The lowest BCUT2D eigenvalue weighted by atomic mass is 9.92. The summed E-state index contributed by atoms with van der Waals surface area (Å²) in [5, 5.41) is 7.56. The molecule has 1 aliphatic rings. The number of amides is 2. The average molecular weight is 451 g/mol. The lowest BCUT2D eigenvalue weighted by Gasteiger charge is -2.32. The second-order valence-electron chi connectivity index (χ2n) is 9.20. The van der Waals surface area contributed by atoms with Crippen LogP contribution < -0.4 is 5.32 Å². The van der Waals surface area contributed by atoms with Crippen molar-refractivity contribution in [3.8, 4) is 0 Å². The number of piperidine rings is 1. The van der Waals surface area contributed by atoms with Crippen molar-refractivity contribution in [2.75, 3.05) is 19.6 Å². The fraction of sp³-hybridized carbons (Fsp3) is 0.520. The van der Waals surface area contributed by atoms with Gasteiger partial charge in [0.1, 0.15) is 0 Å². The highest BCUT2D eigenvalue weighted by molar-refractivity contribution is 5.97. The molecule has 8 nitrogen and oxygen atoms in total. The number of fused-ring (bicyclic) bond motifs is 1. The van der Waals surface area contributed by atoms with Gasteiger partial charge in [0.25, 0.3) is 5.91 Å². The van der Waals surface area contributed by atoms with Crippen molar-refractivity contribution >= 4 is 22.8 Å². The van der Waals surface area contributed by atoms with Crippen molar-refractivity contribution in [2.45, 2.75) is 59.5 Å². The van der Waals surface area contributed by atoms with E-state index in [0.29, 0.717) is 37.5 Å². The molecule has 2 amide bonds. The van der Waals surface area contributed by atoms with Crippen molar-refractivity contribution < 1.29 is 9.59 Å². The molecule has 0 saturated carbocycles. The fourth-order valence-electron chi connectivity index (χ4n) is 4.75. The molecule has 0 radical (unpaired) electrons. The Balaban J connectivity index is 1.25. The second kappa shape index (κ2) is 9.77. The van der Waals surface area contributed by atoms with Crippen LogP contribution in [0.4, 0.5) is 0 Å². The van der Waals surface area contributed by atoms with E-state index >= 15 is 0 Å². The van der Waals surface area contributed by atoms with Gasteiger partial charge >= 0.3 is 0 Å². The Morgan fingerprint density at radius 1 is 1.18 bits per heavy atom. The van der Waals surface area contributed by atoms with Gasteiger partial charge in [0, 0.05) is 43.9 Å². The molecular formula is C25H34N6O2. The number of imidazole rings is 1. The lowest BCUT2D eigenvalue weighted by molar-refractivity contribution is -0.122. The number of rotatable bonds is 7. The highest BCUT2D eigenvalue weighted by Crippen LogP contribution is 2.23. The van der Waals surface area contributed by atoms with Crippen LogP contribution in [0.25, 0.3) is 11.0 Å². The molecule has 4 rings (SSSR count). The first-order valence-corrected chi connectivity index (χ1v) is 11.9. The van der Waals surface area contributed by atoms with E-state index in [9.17, 15) is 9.59 Å². The fourth-order valence-corrected chi connectivity index (χ4v) is 4.75. The van der Waals surface area contributed by atoms with Gasteiger partial charge in [0.2, 0.25) is 5.91 Å². The number of carbonyl (C=O) groups is 2. The molecule has 1 aromatic carbocycles. The maximum atomic E-state index is 13.0. The van der Waals surface area contributed by atoms with Crippen LogP contribution >= 0.6 is 0 Å². The summed E-state index contributed by atoms with van der Waals surface area (Å²) in [6.07, 6.45) is 4.01. The van der Waals surface area contributed by atoms with Gasteiger partial charge < -0.3 is 14.8 Å². The number of hydrogen-bond acceptors (Lipinski definition) is 4. The maximum absolute atomic E-state index is 13.0. The molecule has 2 aromatic heterocycles. The van der Waals surface area contributed by atoms with E-state index in [0.717, 1.165) is 41.8 Å². The molecule has 1 unspecified atom stereocenters. The van der Waals surface area contributed by atoms with Gasteiger partial charge in [-0.3, -0.25) is 14.3 Å². The first kappa shape index (κ1) is 23.0. The second-order valence-corrected chi connectivity index (χ2v) is 9.20. The van der Waals surface area contributed by atoms with Gasteiger partial charge in [-0.15, -0.1) is 0 Å². The smallest absolute Gasteiger partial charge is 0.253 e. The van der Waals surface area contributed by atoms with Crippen LogP contribution in [0.3, 0.4) is 0 Å². The highest BCUT2D eigenvalue weighted by atomic mass is 16.2. The number of likely N-dealkylation sites (tertiary alicyclic amines) is 1. The SMILES string of the molecule is CCn1cnc2cc(C(=O)N3CCC(CC(=O)NCC(C)n4nc(C)cc4C)CC3)ccc21. The largest absolute Gasteiger partial charge is 0.354 e. The lowest BCUT2D eigenvalue weighted by Crippen LogP contribution is -2.40. The van der Waals surface area contributed by atoms with Crippen LogP contribution in [-0.4, -0.2) is 55.7 Å². The van der Waals surface area contributed by atoms with Gasteiger partial charge in [0.05, 0.1) is 29.1 Å². The molecule has 1 N–H and O–H groups in total. The summed E-state index contributed by atoms with van der Waals surface area (Å²) < 4.78 is 4.03. The summed E-state index contributed by atoms with van der Waals surface area (Å²) in [5.74, 6) is 0.426. The van der Waals surface area contributed by atoms with Crippen LogP contribution in [-0.2, 0) is 11.3 Å². The Morgan fingerprint density at radius 2 is 1.94 bits per heavy atom. The molecule has 3 heterocycles. The van der Waals surface area contributed by atoms with Crippen molar-refractivity contribution in [1.29, 1.82) is 0 Å². The van der Waals surface area contributed by atoms with Gasteiger partial charge in [-0.2, -0.15) is 5.10 Å². The van der Waals surface area contributed by atoms with Gasteiger partial charge in [-0.25, -0.2) is 4.98 Å². The molecule has 8 heteroatoms. The van der Waals surface area contributed by atoms with E-state index in [-0.39, 0.29) is 17.9 Å². The van der Waals surface area contributed by atoms with E-state index in [1.54, 1.807) is 0 Å². The molecule has 176 valence electrons. The molecule has 0 aliphatic carbocycles. The number of aryl methyl sites for hydroxylation is 3. The standard InChI is InChI=1S/C25H34N6O2/c1-5-29-16-27-22-14-21(6-7-23(22)29)25(33)30-10-8-20(9-11-30)13-24(32)26-15-19(4)31-18(3)12-17(2)28-31/h6-7,12,14,16,19-20H,5,8-11,13,15H2,1-4H3,(H,26,32). The number of hydrogen-bond donors (Lipinski definition) is 1. The van der Waals surface area contributed by atoms with E-state index in [1.807, 2.05) is 54.0 Å². The van der Waals surface area contributed by atoms with Crippen LogP contribution in [0.15, 0.2) is 30.6 Å². The van der Waals surface area contributed by atoms with Gasteiger partial charge in [-0.05, 0) is 70.7 Å². The Morgan fingerprint density at radius 3 is 2.61 bits per heavy atom. The Hall–Kier alpha value is -3.16. The number of benzene rings is 1. The van der Waals surface area contributed by atoms with E-state index in [1.165, 1.54) is 0 Å². The predicted octanol–water partition coefficient (Wildman–Crippen LogP) is 3.49. The zero-order valence-electron chi connectivity index (χ0n) is 20.0.